The Morgan fingerprint density at radius 3 is 2.95 bits per heavy atom. The van der Waals surface area contributed by atoms with Crippen LogP contribution in [0.2, 0.25) is 0 Å². The standard InChI is InChI=1S/C13H17N3O3/c1-9(2)5-4-8-14-13-15-12-10(16(17)18)6-3-7-11(12)19-13/h3,6-7,9H,4-5,8H2,1-2H3,(H,14,15). The summed E-state index contributed by atoms with van der Waals surface area (Å²) in [6.45, 7) is 5.09. The topological polar surface area (TPSA) is 81.2 Å². The number of fused-ring (bicyclic) bond motifs is 1. The van der Waals surface area contributed by atoms with Crippen LogP contribution < -0.4 is 5.32 Å². The molecule has 6 nitrogen and oxygen atoms in total. The van der Waals surface area contributed by atoms with Crippen LogP contribution in [0.25, 0.3) is 11.1 Å². The van der Waals surface area contributed by atoms with Gasteiger partial charge in [-0.2, -0.15) is 4.98 Å². The first-order chi connectivity index (χ1) is 9.08. The summed E-state index contributed by atoms with van der Waals surface area (Å²) in [4.78, 5) is 14.5. The van der Waals surface area contributed by atoms with Gasteiger partial charge in [0, 0.05) is 12.6 Å². The maximum Gasteiger partial charge on any atom is 0.298 e. The highest BCUT2D eigenvalue weighted by atomic mass is 16.6. The Hall–Kier alpha value is -2.11. The zero-order chi connectivity index (χ0) is 13.8. The number of nitro benzene ring substituents is 1. The molecule has 0 radical (unpaired) electrons. The number of rotatable bonds is 6. The van der Waals surface area contributed by atoms with Gasteiger partial charge >= 0.3 is 0 Å². The Labute approximate surface area is 111 Å². The van der Waals surface area contributed by atoms with E-state index < -0.39 is 4.92 Å². The van der Waals surface area contributed by atoms with E-state index >= 15 is 0 Å². The van der Waals surface area contributed by atoms with Crippen LogP contribution in [0.4, 0.5) is 11.7 Å². The summed E-state index contributed by atoms with van der Waals surface area (Å²) >= 11 is 0. The summed E-state index contributed by atoms with van der Waals surface area (Å²) in [5.74, 6) is 0.659. The number of nitro groups is 1. The predicted molar refractivity (Wildman–Crippen MR) is 73.2 cm³/mol. The van der Waals surface area contributed by atoms with Crippen molar-refractivity contribution in [2.75, 3.05) is 11.9 Å². The number of hydrogen-bond donors (Lipinski definition) is 1. The van der Waals surface area contributed by atoms with Gasteiger partial charge in [0.05, 0.1) is 4.92 Å². The number of oxazole rings is 1. The number of hydrogen-bond acceptors (Lipinski definition) is 5. The smallest absolute Gasteiger partial charge is 0.298 e. The summed E-state index contributed by atoms with van der Waals surface area (Å²) in [7, 11) is 0. The van der Waals surface area contributed by atoms with Gasteiger partial charge < -0.3 is 9.73 Å². The Morgan fingerprint density at radius 1 is 1.47 bits per heavy atom. The Morgan fingerprint density at radius 2 is 2.26 bits per heavy atom. The second kappa shape index (κ2) is 5.69. The molecule has 0 saturated heterocycles. The lowest BCUT2D eigenvalue weighted by atomic mass is 10.1. The maximum absolute atomic E-state index is 10.9. The van der Waals surface area contributed by atoms with Crippen molar-refractivity contribution in [3.8, 4) is 0 Å². The summed E-state index contributed by atoms with van der Waals surface area (Å²) in [5, 5.41) is 13.9. The van der Waals surface area contributed by atoms with Crippen LogP contribution in [0.5, 0.6) is 0 Å². The highest BCUT2D eigenvalue weighted by Crippen LogP contribution is 2.27. The van der Waals surface area contributed by atoms with Crippen LogP contribution >= 0.6 is 0 Å². The molecule has 0 fully saturated rings. The van der Waals surface area contributed by atoms with Crippen LogP contribution in [-0.2, 0) is 0 Å². The summed E-state index contributed by atoms with van der Waals surface area (Å²) in [6.07, 6.45) is 2.13. The van der Waals surface area contributed by atoms with E-state index in [4.69, 9.17) is 4.42 Å². The molecule has 6 heteroatoms. The third kappa shape index (κ3) is 3.21. The number of anilines is 1. The van der Waals surface area contributed by atoms with Gasteiger partial charge in [-0.25, -0.2) is 0 Å². The van der Waals surface area contributed by atoms with Crippen LogP contribution in [0.3, 0.4) is 0 Å². The average molecular weight is 263 g/mol. The van der Waals surface area contributed by atoms with Gasteiger partial charge in [-0.1, -0.05) is 19.9 Å². The number of nitrogens with zero attached hydrogens (tertiary/aromatic N) is 2. The molecule has 0 atom stereocenters. The largest absolute Gasteiger partial charge is 0.423 e. The van der Waals surface area contributed by atoms with Gasteiger partial charge in [-0.3, -0.25) is 10.1 Å². The lowest BCUT2D eigenvalue weighted by molar-refractivity contribution is -0.383. The second-order valence-electron chi connectivity index (χ2n) is 4.86. The predicted octanol–water partition coefficient (Wildman–Crippen LogP) is 3.58. The first kappa shape index (κ1) is 13.3. The Bertz CT molecular complexity index is 578. The van der Waals surface area contributed by atoms with Crippen LogP contribution in [0, 0.1) is 16.0 Å². The molecule has 1 aromatic carbocycles. The molecule has 102 valence electrons. The number of benzene rings is 1. The SMILES string of the molecule is CC(C)CCCNc1nc2c([N+](=O)[O-])cccc2o1. The van der Waals surface area contributed by atoms with E-state index in [1.165, 1.54) is 6.07 Å². The van der Waals surface area contributed by atoms with E-state index in [2.05, 4.69) is 24.1 Å². The minimum atomic E-state index is -0.451. The fraction of sp³-hybridized carbons (Fsp3) is 0.462. The van der Waals surface area contributed by atoms with Gasteiger partial charge in [0.1, 0.15) is 0 Å². The van der Waals surface area contributed by atoms with Crippen molar-refractivity contribution in [1.29, 1.82) is 0 Å². The van der Waals surface area contributed by atoms with E-state index in [1.54, 1.807) is 12.1 Å². The number of non-ortho nitro benzene ring substituents is 1. The summed E-state index contributed by atoms with van der Waals surface area (Å²) in [6, 6.07) is 5.03. The van der Waals surface area contributed by atoms with Gasteiger partial charge in [0.25, 0.3) is 11.7 Å². The average Bonchev–Trinajstić information content (AvgIpc) is 2.76. The van der Waals surface area contributed by atoms with Crippen molar-refractivity contribution in [3.05, 3.63) is 28.3 Å². The molecule has 19 heavy (non-hydrogen) atoms. The van der Waals surface area contributed by atoms with E-state index in [-0.39, 0.29) is 5.69 Å². The third-order valence-corrected chi connectivity index (χ3v) is 2.83. The monoisotopic (exact) mass is 263 g/mol. The number of para-hydroxylation sites is 1. The molecule has 1 aromatic heterocycles. The van der Waals surface area contributed by atoms with Gasteiger partial charge in [0.2, 0.25) is 0 Å². The van der Waals surface area contributed by atoms with Crippen molar-refractivity contribution in [1.82, 2.24) is 4.98 Å². The molecule has 1 N–H and O–H groups in total. The molecular formula is C13H17N3O3. The van der Waals surface area contributed by atoms with Crippen LogP contribution in [0.15, 0.2) is 22.6 Å². The molecule has 0 saturated carbocycles. The quantitative estimate of drug-likeness (QED) is 0.489. The van der Waals surface area contributed by atoms with E-state index in [0.29, 0.717) is 23.0 Å². The summed E-state index contributed by atoms with van der Waals surface area (Å²) in [5.41, 5.74) is 0.691. The molecule has 0 bridgehead atoms. The van der Waals surface area contributed by atoms with Crippen molar-refractivity contribution in [2.24, 2.45) is 5.92 Å². The molecule has 0 aliphatic heterocycles. The van der Waals surface area contributed by atoms with Crippen molar-refractivity contribution >= 4 is 22.8 Å². The zero-order valence-electron chi connectivity index (χ0n) is 11.0. The fourth-order valence-electron chi connectivity index (χ4n) is 1.86. The van der Waals surface area contributed by atoms with Crippen LogP contribution in [0.1, 0.15) is 26.7 Å². The Balaban J connectivity index is 2.09. The molecule has 0 spiro atoms. The number of aromatic nitrogens is 1. The fourth-order valence-corrected chi connectivity index (χ4v) is 1.86. The minimum absolute atomic E-state index is 0.0310. The first-order valence-electron chi connectivity index (χ1n) is 6.35. The minimum Gasteiger partial charge on any atom is -0.423 e. The summed E-state index contributed by atoms with van der Waals surface area (Å²) < 4.78 is 5.44. The molecule has 0 aliphatic carbocycles. The van der Waals surface area contributed by atoms with E-state index in [0.717, 1.165) is 19.4 Å². The van der Waals surface area contributed by atoms with Gasteiger partial charge in [-0.15, -0.1) is 0 Å². The molecule has 2 rings (SSSR count). The normalized spacial score (nSPS) is 11.1. The molecule has 2 aromatic rings. The van der Waals surface area contributed by atoms with Crippen molar-refractivity contribution in [2.45, 2.75) is 26.7 Å². The van der Waals surface area contributed by atoms with Crippen molar-refractivity contribution < 1.29 is 9.34 Å². The lowest BCUT2D eigenvalue weighted by Crippen LogP contribution is -2.03. The molecule has 1 heterocycles. The van der Waals surface area contributed by atoms with Crippen LogP contribution in [-0.4, -0.2) is 16.5 Å². The van der Waals surface area contributed by atoms with E-state index in [9.17, 15) is 10.1 Å². The lowest BCUT2D eigenvalue weighted by Gasteiger charge is -2.03. The van der Waals surface area contributed by atoms with Gasteiger partial charge in [-0.05, 0) is 24.8 Å². The first-order valence-corrected chi connectivity index (χ1v) is 6.35. The third-order valence-electron chi connectivity index (χ3n) is 2.83. The second-order valence-corrected chi connectivity index (χ2v) is 4.86. The molecule has 0 amide bonds. The van der Waals surface area contributed by atoms with Gasteiger partial charge in [0.15, 0.2) is 11.1 Å². The van der Waals surface area contributed by atoms with E-state index in [1.807, 2.05) is 0 Å². The highest BCUT2D eigenvalue weighted by molar-refractivity contribution is 5.83. The zero-order valence-corrected chi connectivity index (χ0v) is 11.0. The van der Waals surface area contributed by atoms with Crippen molar-refractivity contribution in [3.63, 3.8) is 0 Å². The molecule has 0 aliphatic rings. The number of nitrogens with one attached hydrogen (secondary N) is 1. The Kier molecular flexibility index (Phi) is 3.99. The maximum atomic E-state index is 10.9. The highest BCUT2D eigenvalue weighted by Gasteiger charge is 2.16. The molecular weight excluding hydrogens is 246 g/mol. The molecule has 0 unspecified atom stereocenters.